The van der Waals surface area contributed by atoms with Gasteiger partial charge in [0.1, 0.15) is 0 Å². The maximum absolute atomic E-state index is 10.6. The Hall–Kier alpha value is -1.91. The van der Waals surface area contributed by atoms with Crippen molar-refractivity contribution in [2.24, 2.45) is 4.99 Å². The van der Waals surface area contributed by atoms with Gasteiger partial charge in [-0.05, 0) is 18.9 Å². The summed E-state index contributed by atoms with van der Waals surface area (Å²) in [6.45, 7) is 4.12. The van der Waals surface area contributed by atoms with Crippen molar-refractivity contribution in [1.29, 1.82) is 0 Å². The van der Waals surface area contributed by atoms with E-state index in [-0.39, 0.29) is 11.5 Å². The highest BCUT2D eigenvalue weighted by Crippen LogP contribution is 2.11. The van der Waals surface area contributed by atoms with Gasteiger partial charge >= 0.3 is 0 Å². The fourth-order valence-electron chi connectivity index (χ4n) is 2.05. The highest BCUT2D eigenvalue weighted by Gasteiger charge is 2.19. The Labute approximate surface area is 106 Å². The maximum Gasteiger partial charge on any atom is 0.260 e. The molecule has 96 valence electrons. The fraction of sp³-hybridized carbons (Fsp3) is 0.462. The molecule has 0 fully saturated rings. The second kappa shape index (κ2) is 5.62. The zero-order valence-corrected chi connectivity index (χ0v) is 10.5. The van der Waals surface area contributed by atoms with Crippen LogP contribution in [0.25, 0.3) is 0 Å². The van der Waals surface area contributed by atoms with Gasteiger partial charge in [0.25, 0.3) is 6.54 Å². The number of amidine groups is 1. The molecule has 5 heteroatoms. The predicted molar refractivity (Wildman–Crippen MR) is 70.4 cm³/mol. The van der Waals surface area contributed by atoms with Gasteiger partial charge in [-0.25, -0.2) is 0 Å². The van der Waals surface area contributed by atoms with E-state index in [2.05, 4.69) is 29.3 Å². The van der Waals surface area contributed by atoms with E-state index in [1.165, 1.54) is 11.1 Å². The Kier molecular flexibility index (Phi) is 3.92. The molecule has 18 heavy (non-hydrogen) atoms. The van der Waals surface area contributed by atoms with Gasteiger partial charge in [0.05, 0.1) is 0 Å². The van der Waals surface area contributed by atoms with Crippen molar-refractivity contribution in [1.82, 2.24) is 4.90 Å². The number of rotatable bonds is 4. The molecule has 0 N–H and O–H groups in total. The van der Waals surface area contributed by atoms with Crippen LogP contribution in [0.3, 0.4) is 0 Å². The van der Waals surface area contributed by atoms with E-state index in [0.717, 1.165) is 13.0 Å². The third-order valence-corrected chi connectivity index (χ3v) is 3.01. The summed E-state index contributed by atoms with van der Waals surface area (Å²) in [6, 6.07) is 8.24. The zero-order chi connectivity index (χ0) is 13.0. The van der Waals surface area contributed by atoms with Crippen LogP contribution in [0.5, 0.6) is 0 Å². The normalized spacial score (nSPS) is 15.4. The van der Waals surface area contributed by atoms with Crippen molar-refractivity contribution in [3.05, 3.63) is 45.5 Å². The number of aryl methyl sites for hydroxylation is 1. The smallest absolute Gasteiger partial charge is 0.260 e. The van der Waals surface area contributed by atoms with Crippen molar-refractivity contribution in [3.63, 3.8) is 0 Å². The molecule has 1 aromatic carbocycles. The predicted octanol–water partition coefficient (Wildman–Crippen LogP) is 1.88. The lowest BCUT2D eigenvalue weighted by Crippen LogP contribution is -2.39. The molecule has 1 heterocycles. The van der Waals surface area contributed by atoms with Crippen LogP contribution in [-0.4, -0.2) is 35.3 Å². The van der Waals surface area contributed by atoms with Crippen LogP contribution in [0.4, 0.5) is 0 Å². The van der Waals surface area contributed by atoms with Crippen LogP contribution in [0.15, 0.2) is 29.3 Å². The number of hydrogen-bond acceptors (Lipinski definition) is 4. The largest absolute Gasteiger partial charge is 0.350 e. The van der Waals surface area contributed by atoms with Crippen LogP contribution in [-0.2, 0) is 6.54 Å². The van der Waals surface area contributed by atoms with Crippen molar-refractivity contribution in [2.75, 3.05) is 19.6 Å². The first-order chi connectivity index (χ1) is 8.65. The molecule has 1 aliphatic heterocycles. The van der Waals surface area contributed by atoms with Gasteiger partial charge in [-0.15, -0.1) is 0 Å². The molecule has 0 radical (unpaired) electrons. The summed E-state index contributed by atoms with van der Waals surface area (Å²) >= 11 is 0. The molecule has 1 aliphatic rings. The maximum atomic E-state index is 10.6. The summed E-state index contributed by atoms with van der Waals surface area (Å²) in [7, 11) is 0. The van der Waals surface area contributed by atoms with Gasteiger partial charge in [0, 0.05) is 24.6 Å². The Morgan fingerprint density at radius 2 is 2.11 bits per heavy atom. The number of benzene rings is 1. The number of hydrogen-bond donors (Lipinski definition) is 0. The minimum absolute atomic E-state index is 0.175. The highest BCUT2D eigenvalue weighted by atomic mass is 16.6. The van der Waals surface area contributed by atoms with Crippen LogP contribution >= 0.6 is 0 Å². The monoisotopic (exact) mass is 247 g/mol. The lowest BCUT2D eigenvalue weighted by Gasteiger charge is -2.27. The van der Waals surface area contributed by atoms with Gasteiger partial charge in [0.15, 0.2) is 5.84 Å². The van der Waals surface area contributed by atoms with Crippen molar-refractivity contribution < 1.29 is 4.92 Å². The fourth-order valence-corrected chi connectivity index (χ4v) is 2.05. The lowest BCUT2D eigenvalue weighted by atomic mass is 10.1. The average Bonchev–Trinajstić information content (AvgIpc) is 2.34. The molecule has 0 amide bonds. The Morgan fingerprint density at radius 1 is 1.39 bits per heavy atom. The molecular formula is C13H17N3O2. The van der Waals surface area contributed by atoms with Crippen LogP contribution in [0.2, 0.25) is 0 Å². The third-order valence-electron chi connectivity index (χ3n) is 3.01. The zero-order valence-electron chi connectivity index (χ0n) is 10.5. The number of nitrogens with zero attached hydrogens (tertiary/aromatic N) is 3. The summed E-state index contributed by atoms with van der Waals surface area (Å²) in [5, 5.41) is 10.6. The van der Waals surface area contributed by atoms with E-state index in [1.807, 2.05) is 11.8 Å². The molecule has 0 saturated heterocycles. The van der Waals surface area contributed by atoms with Crippen LogP contribution in [0, 0.1) is 17.0 Å². The quantitative estimate of drug-likeness (QED) is 0.603. The molecular weight excluding hydrogens is 230 g/mol. The number of nitro groups is 1. The van der Waals surface area contributed by atoms with E-state index >= 15 is 0 Å². The van der Waals surface area contributed by atoms with Gasteiger partial charge in [0.2, 0.25) is 0 Å². The topological polar surface area (TPSA) is 58.7 Å². The second-order valence-electron chi connectivity index (χ2n) is 4.55. The van der Waals surface area contributed by atoms with Gasteiger partial charge in [-0.3, -0.25) is 15.1 Å². The van der Waals surface area contributed by atoms with E-state index in [0.29, 0.717) is 18.9 Å². The average molecular weight is 247 g/mol. The summed E-state index contributed by atoms with van der Waals surface area (Å²) in [5.74, 6) is 0.604. The number of aliphatic imine (C=N–C) groups is 1. The molecule has 0 aromatic heterocycles. The summed E-state index contributed by atoms with van der Waals surface area (Å²) in [4.78, 5) is 16.6. The second-order valence-corrected chi connectivity index (χ2v) is 4.55. The first-order valence-corrected chi connectivity index (χ1v) is 6.11. The summed E-state index contributed by atoms with van der Waals surface area (Å²) in [6.07, 6.45) is 0.965. The van der Waals surface area contributed by atoms with Gasteiger partial charge in [-0.2, -0.15) is 0 Å². The molecule has 0 unspecified atom stereocenters. The molecule has 2 rings (SSSR count). The Bertz CT molecular complexity index is 454. The van der Waals surface area contributed by atoms with Crippen LogP contribution < -0.4 is 0 Å². The molecule has 0 saturated carbocycles. The molecule has 0 bridgehead atoms. The van der Waals surface area contributed by atoms with E-state index < -0.39 is 0 Å². The van der Waals surface area contributed by atoms with E-state index in [4.69, 9.17) is 0 Å². The first kappa shape index (κ1) is 12.5. The third kappa shape index (κ3) is 3.29. The minimum Gasteiger partial charge on any atom is -0.350 e. The Morgan fingerprint density at radius 3 is 2.78 bits per heavy atom. The molecule has 5 nitrogen and oxygen atoms in total. The van der Waals surface area contributed by atoms with Crippen molar-refractivity contribution in [3.8, 4) is 0 Å². The SMILES string of the molecule is Cc1ccc(CN2CCCN=C2C[N+](=O)[O-])cc1. The molecule has 0 spiro atoms. The van der Waals surface area contributed by atoms with Crippen LogP contribution in [0.1, 0.15) is 17.5 Å². The van der Waals surface area contributed by atoms with E-state index in [1.54, 1.807) is 0 Å². The lowest BCUT2D eigenvalue weighted by molar-refractivity contribution is -0.464. The standard InChI is InChI=1S/C13H17N3O2/c1-11-3-5-12(6-4-11)9-15-8-2-7-14-13(15)10-16(17)18/h3-6H,2,7-10H2,1H3. The first-order valence-electron chi connectivity index (χ1n) is 6.11. The molecule has 0 aliphatic carbocycles. The van der Waals surface area contributed by atoms with Gasteiger partial charge in [-0.1, -0.05) is 29.8 Å². The molecule has 0 atom stereocenters. The van der Waals surface area contributed by atoms with E-state index in [9.17, 15) is 10.1 Å². The molecule has 1 aromatic rings. The minimum atomic E-state index is -0.313. The van der Waals surface area contributed by atoms with Gasteiger partial charge < -0.3 is 4.90 Å². The Balaban J connectivity index is 2.06. The van der Waals surface area contributed by atoms with Crippen molar-refractivity contribution >= 4 is 5.84 Å². The summed E-state index contributed by atoms with van der Waals surface area (Å²) in [5.41, 5.74) is 2.38. The van der Waals surface area contributed by atoms with Crippen molar-refractivity contribution in [2.45, 2.75) is 19.9 Å². The highest BCUT2D eigenvalue weighted by molar-refractivity contribution is 5.83. The summed E-state index contributed by atoms with van der Waals surface area (Å²) < 4.78 is 0.